The van der Waals surface area contributed by atoms with Gasteiger partial charge in [-0.25, -0.2) is 4.39 Å². The molecule has 0 radical (unpaired) electrons. The third-order valence-electron chi connectivity index (χ3n) is 3.98. The quantitative estimate of drug-likeness (QED) is 0.876. The van der Waals surface area contributed by atoms with Gasteiger partial charge in [0.25, 0.3) is 0 Å². The predicted molar refractivity (Wildman–Crippen MR) is 83.9 cm³/mol. The first-order chi connectivity index (χ1) is 10.6. The lowest BCUT2D eigenvalue weighted by atomic mass is 9.96. The van der Waals surface area contributed by atoms with Crippen LogP contribution < -0.4 is 5.32 Å². The van der Waals surface area contributed by atoms with Gasteiger partial charge in [0.2, 0.25) is 5.91 Å². The van der Waals surface area contributed by atoms with E-state index >= 15 is 0 Å². The van der Waals surface area contributed by atoms with Gasteiger partial charge in [-0.1, -0.05) is 12.1 Å². The highest BCUT2D eigenvalue weighted by Crippen LogP contribution is 2.19. The van der Waals surface area contributed by atoms with Gasteiger partial charge in [-0.05, 0) is 44.0 Å². The Morgan fingerprint density at radius 3 is 3.09 bits per heavy atom. The van der Waals surface area contributed by atoms with E-state index in [0.29, 0.717) is 13.2 Å². The molecule has 1 aliphatic rings. The summed E-state index contributed by atoms with van der Waals surface area (Å²) in [7, 11) is 1.63. The Morgan fingerprint density at radius 1 is 1.55 bits per heavy atom. The summed E-state index contributed by atoms with van der Waals surface area (Å²) in [6.45, 7) is 4.82. The first-order valence-corrected chi connectivity index (χ1v) is 7.84. The molecule has 2 rings (SSSR count). The smallest absolute Gasteiger partial charge is 0.224 e. The van der Waals surface area contributed by atoms with Gasteiger partial charge in [-0.15, -0.1) is 0 Å². The summed E-state index contributed by atoms with van der Waals surface area (Å²) < 4.78 is 18.3. The Labute approximate surface area is 131 Å². The number of nitrogens with zero attached hydrogens (tertiary/aromatic N) is 1. The van der Waals surface area contributed by atoms with Gasteiger partial charge >= 0.3 is 0 Å². The van der Waals surface area contributed by atoms with E-state index in [9.17, 15) is 9.18 Å². The van der Waals surface area contributed by atoms with Crippen molar-refractivity contribution in [1.82, 2.24) is 10.2 Å². The Morgan fingerprint density at radius 2 is 2.36 bits per heavy atom. The number of methoxy groups -OCH3 is 1. The fourth-order valence-electron chi connectivity index (χ4n) is 2.96. The van der Waals surface area contributed by atoms with Crippen LogP contribution in [0.5, 0.6) is 0 Å². The Bertz CT molecular complexity index is 495. The molecular weight excluding hydrogens is 283 g/mol. The summed E-state index contributed by atoms with van der Waals surface area (Å²) in [5.41, 5.74) is 0.953. The van der Waals surface area contributed by atoms with Crippen molar-refractivity contribution in [2.24, 2.45) is 5.92 Å². The minimum atomic E-state index is -0.211. The van der Waals surface area contributed by atoms with Crippen molar-refractivity contribution < 1.29 is 13.9 Å². The molecule has 0 spiro atoms. The zero-order valence-electron chi connectivity index (χ0n) is 13.3. The summed E-state index contributed by atoms with van der Waals surface area (Å²) in [5.74, 6) is -0.118. The van der Waals surface area contributed by atoms with Gasteiger partial charge in [0.05, 0.1) is 12.5 Å². The number of hydrogen-bond donors (Lipinski definition) is 1. The van der Waals surface area contributed by atoms with Gasteiger partial charge in [0.1, 0.15) is 5.82 Å². The van der Waals surface area contributed by atoms with Gasteiger partial charge in [-0.2, -0.15) is 0 Å². The zero-order valence-corrected chi connectivity index (χ0v) is 13.3. The number of rotatable bonds is 6. The number of halogens is 1. The molecule has 0 aromatic heterocycles. The van der Waals surface area contributed by atoms with Crippen LogP contribution in [0, 0.1) is 11.7 Å². The molecule has 0 unspecified atom stereocenters. The molecule has 0 aliphatic carbocycles. The number of ether oxygens (including phenoxy) is 1. The van der Waals surface area contributed by atoms with Crippen molar-refractivity contribution in [2.45, 2.75) is 32.4 Å². The van der Waals surface area contributed by atoms with E-state index < -0.39 is 0 Å². The number of benzene rings is 1. The van der Waals surface area contributed by atoms with Crippen molar-refractivity contribution in [3.8, 4) is 0 Å². The molecule has 1 aliphatic heterocycles. The molecule has 1 aromatic rings. The van der Waals surface area contributed by atoms with E-state index in [1.165, 1.54) is 6.07 Å². The Hall–Kier alpha value is -1.46. The van der Waals surface area contributed by atoms with E-state index in [1.807, 2.05) is 13.0 Å². The normalized spacial score (nSPS) is 20.6. The fraction of sp³-hybridized carbons (Fsp3) is 0.588. The summed E-state index contributed by atoms with van der Waals surface area (Å²) in [6, 6.07) is 6.69. The number of piperidine rings is 1. The lowest BCUT2D eigenvalue weighted by molar-refractivity contribution is -0.127. The minimum absolute atomic E-state index is 0.00150. The largest absolute Gasteiger partial charge is 0.383 e. The molecule has 2 atom stereocenters. The van der Waals surface area contributed by atoms with Crippen LogP contribution in [-0.2, 0) is 16.1 Å². The molecule has 5 heteroatoms. The third kappa shape index (κ3) is 5.07. The standard InChI is InChI=1S/C17H25FN2O2/c1-13(12-22-2)19-17(21)15-6-4-8-20(11-15)10-14-5-3-7-16(18)9-14/h3,5,7,9,13,15H,4,6,8,10-12H2,1-2H3,(H,19,21)/t13-,15-/m0/s1. The average Bonchev–Trinajstić information content (AvgIpc) is 2.47. The average molecular weight is 308 g/mol. The van der Waals surface area contributed by atoms with Crippen LogP contribution in [-0.4, -0.2) is 43.7 Å². The van der Waals surface area contributed by atoms with Crippen LogP contribution in [0.1, 0.15) is 25.3 Å². The van der Waals surface area contributed by atoms with Crippen LogP contribution in [0.4, 0.5) is 4.39 Å². The number of nitrogens with one attached hydrogen (secondary N) is 1. The number of carbonyl (C=O) groups is 1. The SMILES string of the molecule is COC[C@H](C)NC(=O)[C@H]1CCCN(Cc2cccc(F)c2)C1. The lowest BCUT2D eigenvalue weighted by Gasteiger charge is -2.32. The molecular formula is C17H25FN2O2. The van der Waals surface area contributed by atoms with Gasteiger partial charge in [0, 0.05) is 26.2 Å². The van der Waals surface area contributed by atoms with E-state index in [0.717, 1.165) is 31.5 Å². The van der Waals surface area contributed by atoms with Crippen LogP contribution in [0.15, 0.2) is 24.3 Å². The predicted octanol–water partition coefficient (Wildman–Crippen LogP) is 2.19. The zero-order chi connectivity index (χ0) is 15.9. The molecule has 1 N–H and O–H groups in total. The second-order valence-electron chi connectivity index (χ2n) is 6.07. The third-order valence-corrected chi connectivity index (χ3v) is 3.98. The van der Waals surface area contributed by atoms with Gasteiger partial charge < -0.3 is 10.1 Å². The monoisotopic (exact) mass is 308 g/mol. The molecule has 0 saturated carbocycles. The van der Waals surface area contributed by atoms with Gasteiger partial charge in [-0.3, -0.25) is 9.69 Å². The fourth-order valence-corrected chi connectivity index (χ4v) is 2.96. The van der Waals surface area contributed by atoms with Crippen molar-refractivity contribution in [3.63, 3.8) is 0 Å². The minimum Gasteiger partial charge on any atom is -0.383 e. The first-order valence-electron chi connectivity index (χ1n) is 7.84. The molecule has 1 heterocycles. The second kappa shape index (κ2) is 8.25. The van der Waals surface area contributed by atoms with Crippen LogP contribution in [0.3, 0.4) is 0 Å². The van der Waals surface area contributed by atoms with E-state index in [2.05, 4.69) is 10.2 Å². The molecule has 0 bridgehead atoms. The van der Waals surface area contributed by atoms with Crippen molar-refractivity contribution in [1.29, 1.82) is 0 Å². The maximum atomic E-state index is 13.2. The van der Waals surface area contributed by atoms with E-state index in [1.54, 1.807) is 19.2 Å². The second-order valence-corrected chi connectivity index (χ2v) is 6.07. The maximum Gasteiger partial charge on any atom is 0.224 e. The van der Waals surface area contributed by atoms with Crippen molar-refractivity contribution in [3.05, 3.63) is 35.6 Å². The highest BCUT2D eigenvalue weighted by molar-refractivity contribution is 5.79. The number of hydrogen-bond acceptors (Lipinski definition) is 3. The van der Waals surface area contributed by atoms with Gasteiger partial charge in [0.15, 0.2) is 0 Å². The van der Waals surface area contributed by atoms with Crippen LogP contribution >= 0.6 is 0 Å². The number of amides is 1. The molecule has 1 aromatic carbocycles. The van der Waals surface area contributed by atoms with E-state index in [4.69, 9.17) is 4.74 Å². The summed E-state index contributed by atoms with van der Waals surface area (Å²) in [6.07, 6.45) is 1.90. The highest BCUT2D eigenvalue weighted by atomic mass is 19.1. The highest BCUT2D eigenvalue weighted by Gasteiger charge is 2.26. The van der Waals surface area contributed by atoms with Crippen LogP contribution in [0.25, 0.3) is 0 Å². The molecule has 1 fully saturated rings. The molecule has 122 valence electrons. The number of carbonyl (C=O) groups excluding carboxylic acids is 1. The Kier molecular flexibility index (Phi) is 6.34. The molecule has 1 saturated heterocycles. The van der Waals surface area contributed by atoms with E-state index in [-0.39, 0.29) is 23.7 Å². The topological polar surface area (TPSA) is 41.6 Å². The lowest BCUT2D eigenvalue weighted by Crippen LogP contribution is -2.46. The summed E-state index contributed by atoms with van der Waals surface area (Å²) in [5, 5.41) is 2.99. The first kappa shape index (κ1) is 16.9. The summed E-state index contributed by atoms with van der Waals surface area (Å²) >= 11 is 0. The number of likely N-dealkylation sites (tertiary alicyclic amines) is 1. The molecule has 22 heavy (non-hydrogen) atoms. The molecule has 4 nitrogen and oxygen atoms in total. The van der Waals surface area contributed by atoms with Crippen LogP contribution in [0.2, 0.25) is 0 Å². The van der Waals surface area contributed by atoms with Crippen molar-refractivity contribution in [2.75, 3.05) is 26.8 Å². The summed E-state index contributed by atoms with van der Waals surface area (Å²) in [4.78, 5) is 14.5. The Balaban J connectivity index is 1.87. The maximum absolute atomic E-state index is 13.2. The van der Waals surface area contributed by atoms with Crippen molar-refractivity contribution >= 4 is 5.91 Å². The molecule has 1 amide bonds.